The predicted molar refractivity (Wildman–Crippen MR) is 32.1 cm³/mol. The Balaban J connectivity index is 2.77. The number of rotatable bonds is 1. The molecular weight excluding hydrogens is 118 g/mol. The topological polar surface area (TPSA) is 42.2 Å². The maximum absolute atomic E-state index is 10.7. The van der Waals surface area contributed by atoms with Crippen LogP contribution >= 0.6 is 0 Å². The van der Waals surface area contributed by atoms with Gasteiger partial charge in [-0.15, -0.1) is 0 Å². The number of carbonyl (C=O) groups is 1. The van der Waals surface area contributed by atoms with Gasteiger partial charge in [-0.1, -0.05) is 0 Å². The van der Waals surface area contributed by atoms with Gasteiger partial charge in [0, 0.05) is 7.05 Å². The zero-order chi connectivity index (χ0) is 6.69. The molecule has 0 aliphatic heterocycles. The fraction of sp³-hybridized carbons (Fsp3) is 0.167. The van der Waals surface area contributed by atoms with Gasteiger partial charge in [-0.2, -0.15) is 0 Å². The van der Waals surface area contributed by atoms with Crippen molar-refractivity contribution < 1.29 is 9.21 Å². The number of nitrogens with one attached hydrogen (secondary N) is 1. The second-order valence-corrected chi connectivity index (χ2v) is 1.56. The highest BCUT2D eigenvalue weighted by Gasteiger charge is 2.02. The quantitative estimate of drug-likeness (QED) is 0.598. The Morgan fingerprint density at radius 1 is 1.78 bits per heavy atom. The van der Waals surface area contributed by atoms with Crippen molar-refractivity contribution in [2.45, 2.75) is 0 Å². The summed E-state index contributed by atoms with van der Waals surface area (Å²) in [5.41, 5.74) is 0. The Morgan fingerprint density at radius 3 is 3.00 bits per heavy atom. The minimum Gasteiger partial charge on any atom is -0.459 e. The van der Waals surface area contributed by atoms with Gasteiger partial charge in [0.15, 0.2) is 5.76 Å². The van der Waals surface area contributed by atoms with Crippen LogP contribution in [-0.4, -0.2) is 13.0 Å². The van der Waals surface area contributed by atoms with Crippen molar-refractivity contribution in [3.05, 3.63) is 24.2 Å². The summed E-state index contributed by atoms with van der Waals surface area (Å²) in [6, 6.07) is 3.28. The second-order valence-electron chi connectivity index (χ2n) is 1.56. The molecule has 0 saturated heterocycles. The molecule has 9 heavy (non-hydrogen) atoms. The lowest BCUT2D eigenvalue weighted by Gasteiger charge is -1.90. The van der Waals surface area contributed by atoms with Gasteiger partial charge in [-0.25, -0.2) is 0 Å². The Bertz CT molecular complexity index is 191. The third kappa shape index (κ3) is 1.10. The lowest BCUT2D eigenvalue weighted by molar-refractivity contribution is 0.0935. The first-order valence-corrected chi connectivity index (χ1v) is 2.60. The zero-order valence-corrected chi connectivity index (χ0v) is 5.05. The maximum atomic E-state index is 10.7. The van der Waals surface area contributed by atoms with E-state index in [1.807, 2.05) is 0 Å². The molecule has 1 heterocycles. The van der Waals surface area contributed by atoms with Crippen molar-refractivity contribution in [3.8, 4) is 0 Å². The van der Waals surface area contributed by atoms with Crippen LogP contribution in [0.3, 0.4) is 0 Å². The Morgan fingerprint density at radius 2 is 2.56 bits per heavy atom. The smallest absolute Gasteiger partial charge is 0.286 e. The first-order valence-electron chi connectivity index (χ1n) is 2.60. The third-order valence-electron chi connectivity index (χ3n) is 0.972. The average Bonchev–Trinajstić information content (AvgIpc) is 2.37. The highest BCUT2D eigenvalue weighted by atomic mass is 16.3. The summed E-state index contributed by atoms with van der Waals surface area (Å²) >= 11 is 0. The van der Waals surface area contributed by atoms with Gasteiger partial charge in [0.25, 0.3) is 5.91 Å². The van der Waals surface area contributed by atoms with Crippen LogP contribution in [0.25, 0.3) is 0 Å². The van der Waals surface area contributed by atoms with Crippen molar-refractivity contribution in [1.29, 1.82) is 0 Å². The number of furan rings is 1. The highest BCUT2D eigenvalue weighted by Crippen LogP contribution is 1.97. The van der Waals surface area contributed by atoms with E-state index in [0.29, 0.717) is 5.76 Å². The van der Waals surface area contributed by atoms with Crippen molar-refractivity contribution in [3.63, 3.8) is 0 Å². The first kappa shape index (κ1) is 5.88. The average molecular weight is 125 g/mol. The molecule has 1 amide bonds. The molecule has 3 heteroatoms. The summed E-state index contributed by atoms with van der Waals surface area (Å²) in [4.78, 5) is 10.7. The summed E-state index contributed by atoms with van der Waals surface area (Å²) < 4.78 is 4.77. The van der Waals surface area contributed by atoms with E-state index in [9.17, 15) is 4.79 Å². The molecule has 0 radical (unpaired) electrons. The van der Waals surface area contributed by atoms with Crippen LogP contribution in [-0.2, 0) is 0 Å². The molecule has 0 atom stereocenters. The summed E-state index contributed by atoms with van der Waals surface area (Å²) in [7, 11) is 1.56. The standard InChI is InChI=1S/C6H7NO2/c1-7-6(8)5-3-2-4-9-5/h2-4H,1H3,(H,7,8). The van der Waals surface area contributed by atoms with Gasteiger partial charge in [0.2, 0.25) is 0 Å². The molecule has 0 bridgehead atoms. The van der Waals surface area contributed by atoms with Crippen LogP contribution in [0.5, 0.6) is 0 Å². The van der Waals surface area contributed by atoms with Gasteiger partial charge in [0.05, 0.1) is 6.26 Å². The van der Waals surface area contributed by atoms with Crippen LogP contribution in [0.4, 0.5) is 0 Å². The lowest BCUT2D eigenvalue weighted by Crippen LogP contribution is -2.16. The summed E-state index contributed by atoms with van der Waals surface area (Å²) in [6.45, 7) is 0. The van der Waals surface area contributed by atoms with E-state index in [2.05, 4.69) is 5.32 Å². The lowest BCUT2D eigenvalue weighted by atomic mass is 10.4. The van der Waals surface area contributed by atoms with E-state index < -0.39 is 0 Å². The van der Waals surface area contributed by atoms with Crippen molar-refractivity contribution in [2.75, 3.05) is 7.05 Å². The van der Waals surface area contributed by atoms with Crippen LogP contribution in [0, 0.1) is 0 Å². The van der Waals surface area contributed by atoms with E-state index in [0.717, 1.165) is 0 Å². The first-order chi connectivity index (χ1) is 4.34. The van der Waals surface area contributed by atoms with Crippen molar-refractivity contribution >= 4 is 5.91 Å². The molecule has 48 valence electrons. The summed E-state index contributed by atoms with van der Waals surface area (Å²) in [5, 5.41) is 2.43. The molecule has 0 spiro atoms. The van der Waals surface area contributed by atoms with Crippen LogP contribution < -0.4 is 5.32 Å². The number of hydrogen-bond acceptors (Lipinski definition) is 2. The molecule has 1 rings (SSSR count). The molecular formula is C6H7NO2. The minimum atomic E-state index is -0.194. The van der Waals surface area contributed by atoms with Crippen LogP contribution in [0.1, 0.15) is 10.6 Å². The second kappa shape index (κ2) is 2.35. The molecule has 0 aliphatic rings. The Kier molecular flexibility index (Phi) is 1.53. The SMILES string of the molecule is CNC(=O)c1ccco1. The molecule has 0 aromatic carbocycles. The summed E-state index contributed by atoms with van der Waals surface area (Å²) in [5.74, 6) is 0.150. The van der Waals surface area contributed by atoms with Gasteiger partial charge in [-0.3, -0.25) is 4.79 Å². The van der Waals surface area contributed by atoms with E-state index in [1.165, 1.54) is 6.26 Å². The normalized spacial score (nSPS) is 9.00. The summed E-state index contributed by atoms with van der Waals surface area (Å²) in [6.07, 6.45) is 1.46. The number of amides is 1. The maximum Gasteiger partial charge on any atom is 0.286 e. The Hall–Kier alpha value is -1.25. The van der Waals surface area contributed by atoms with Crippen molar-refractivity contribution in [2.24, 2.45) is 0 Å². The van der Waals surface area contributed by atoms with Gasteiger partial charge in [0.1, 0.15) is 0 Å². The van der Waals surface area contributed by atoms with Crippen LogP contribution in [0.15, 0.2) is 22.8 Å². The molecule has 3 nitrogen and oxygen atoms in total. The third-order valence-corrected chi connectivity index (χ3v) is 0.972. The fourth-order valence-electron chi connectivity index (χ4n) is 0.531. The largest absolute Gasteiger partial charge is 0.459 e. The minimum absolute atomic E-state index is 0.194. The van der Waals surface area contributed by atoms with Gasteiger partial charge < -0.3 is 9.73 Å². The van der Waals surface area contributed by atoms with E-state index in [1.54, 1.807) is 19.2 Å². The van der Waals surface area contributed by atoms with Gasteiger partial charge in [-0.05, 0) is 12.1 Å². The van der Waals surface area contributed by atoms with E-state index >= 15 is 0 Å². The monoisotopic (exact) mass is 125 g/mol. The Labute approximate surface area is 52.7 Å². The molecule has 1 aromatic rings. The molecule has 1 N–H and O–H groups in total. The molecule has 0 saturated carbocycles. The molecule has 1 aromatic heterocycles. The number of carbonyl (C=O) groups excluding carboxylic acids is 1. The number of hydrogen-bond donors (Lipinski definition) is 1. The molecule has 0 aliphatic carbocycles. The van der Waals surface area contributed by atoms with E-state index in [4.69, 9.17) is 4.42 Å². The van der Waals surface area contributed by atoms with Crippen LogP contribution in [0.2, 0.25) is 0 Å². The molecule has 0 fully saturated rings. The zero-order valence-electron chi connectivity index (χ0n) is 5.05. The van der Waals surface area contributed by atoms with Crippen molar-refractivity contribution in [1.82, 2.24) is 5.32 Å². The van der Waals surface area contributed by atoms with E-state index in [-0.39, 0.29) is 5.91 Å². The predicted octanol–water partition coefficient (Wildman–Crippen LogP) is 0.639. The van der Waals surface area contributed by atoms with Gasteiger partial charge >= 0.3 is 0 Å². The fourth-order valence-corrected chi connectivity index (χ4v) is 0.531. The highest BCUT2D eigenvalue weighted by molar-refractivity contribution is 5.91. The molecule has 0 unspecified atom stereocenters.